The van der Waals surface area contributed by atoms with Crippen LogP contribution in [0.2, 0.25) is 0 Å². The molecule has 2 aromatic rings. The van der Waals surface area contributed by atoms with E-state index in [0.717, 1.165) is 37.0 Å². The van der Waals surface area contributed by atoms with Gasteiger partial charge in [-0.25, -0.2) is 4.98 Å². The van der Waals surface area contributed by atoms with E-state index in [4.69, 9.17) is 10.2 Å². The third-order valence-electron chi connectivity index (χ3n) is 4.59. The van der Waals surface area contributed by atoms with Gasteiger partial charge in [0.2, 0.25) is 5.91 Å². The molecule has 1 amide bonds. The fourth-order valence-corrected chi connectivity index (χ4v) is 3.06. The number of nitrogens with two attached hydrogens (primary N) is 1. The van der Waals surface area contributed by atoms with E-state index in [9.17, 15) is 4.79 Å². The van der Waals surface area contributed by atoms with Crippen LogP contribution in [0.15, 0.2) is 34.9 Å². The lowest BCUT2D eigenvalue weighted by molar-refractivity contribution is -0.122. The summed E-state index contributed by atoms with van der Waals surface area (Å²) in [4.78, 5) is 16.3. The molecule has 0 saturated heterocycles. The number of benzene rings is 1. The molecule has 128 valence electrons. The summed E-state index contributed by atoms with van der Waals surface area (Å²) in [6, 6.07) is 8.68. The smallest absolute Gasteiger partial charge is 0.220 e. The Morgan fingerprint density at radius 2 is 1.96 bits per heavy atom. The number of nitrogens with one attached hydrogen (secondary N) is 1. The molecule has 3 N–H and O–H groups in total. The number of rotatable bonds is 5. The lowest BCUT2D eigenvalue weighted by Crippen LogP contribution is -2.40. The van der Waals surface area contributed by atoms with Crippen molar-refractivity contribution >= 4 is 5.91 Å². The van der Waals surface area contributed by atoms with Gasteiger partial charge in [0.05, 0.1) is 6.20 Å². The first-order valence-electron chi connectivity index (χ1n) is 8.67. The maximum atomic E-state index is 12.1. The topological polar surface area (TPSA) is 81.2 Å². The predicted octanol–water partition coefficient (Wildman–Crippen LogP) is 2.97. The number of carbonyl (C=O) groups is 1. The normalized spacial score (nSPS) is 20.8. The Labute approximate surface area is 142 Å². The zero-order chi connectivity index (χ0) is 16.9. The van der Waals surface area contributed by atoms with Gasteiger partial charge >= 0.3 is 0 Å². The van der Waals surface area contributed by atoms with Gasteiger partial charge in [0, 0.05) is 30.5 Å². The van der Waals surface area contributed by atoms with Crippen molar-refractivity contribution in [3.05, 3.63) is 41.9 Å². The molecule has 3 rings (SSSR count). The lowest BCUT2D eigenvalue weighted by Gasteiger charge is -2.26. The number of nitrogens with zero attached hydrogens (tertiary/aromatic N) is 1. The fraction of sp³-hybridized carbons (Fsp3) is 0.474. The average molecular weight is 327 g/mol. The Morgan fingerprint density at radius 1 is 1.25 bits per heavy atom. The highest BCUT2D eigenvalue weighted by atomic mass is 16.4. The monoisotopic (exact) mass is 327 g/mol. The van der Waals surface area contributed by atoms with Gasteiger partial charge in [-0.3, -0.25) is 4.79 Å². The van der Waals surface area contributed by atoms with E-state index in [2.05, 4.69) is 10.3 Å². The first-order valence-corrected chi connectivity index (χ1v) is 8.67. The van der Waals surface area contributed by atoms with Crippen LogP contribution in [0.5, 0.6) is 0 Å². The highest BCUT2D eigenvalue weighted by Crippen LogP contribution is 2.21. The fourth-order valence-electron chi connectivity index (χ4n) is 3.06. The van der Waals surface area contributed by atoms with E-state index in [1.54, 1.807) is 6.20 Å². The summed E-state index contributed by atoms with van der Waals surface area (Å²) in [5, 5.41) is 3.09. The number of amides is 1. The van der Waals surface area contributed by atoms with Gasteiger partial charge in [0.15, 0.2) is 11.7 Å². The molecule has 0 aliphatic heterocycles. The second kappa shape index (κ2) is 7.62. The molecule has 1 aromatic carbocycles. The molecule has 0 unspecified atom stereocenters. The summed E-state index contributed by atoms with van der Waals surface area (Å²) >= 11 is 0. The van der Waals surface area contributed by atoms with Crippen molar-refractivity contribution in [2.45, 2.75) is 57.5 Å². The summed E-state index contributed by atoms with van der Waals surface area (Å²) in [7, 11) is 0. The van der Waals surface area contributed by atoms with Crippen LogP contribution >= 0.6 is 0 Å². The largest absolute Gasteiger partial charge is 0.441 e. The lowest BCUT2D eigenvalue weighted by atomic mass is 9.92. The Morgan fingerprint density at radius 3 is 2.67 bits per heavy atom. The maximum absolute atomic E-state index is 12.1. The molecule has 1 aliphatic carbocycles. The number of carbonyl (C=O) groups excluding carboxylic acids is 1. The van der Waals surface area contributed by atoms with Gasteiger partial charge in [-0.15, -0.1) is 0 Å². The maximum Gasteiger partial charge on any atom is 0.220 e. The number of oxazole rings is 1. The Hall–Kier alpha value is -2.14. The first kappa shape index (κ1) is 16.7. The molecule has 0 bridgehead atoms. The molecule has 0 radical (unpaired) electrons. The molecule has 5 heteroatoms. The van der Waals surface area contributed by atoms with Gasteiger partial charge in [-0.05, 0) is 32.6 Å². The van der Waals surface area contributed by atoms with Crippen molar-refractivity contribution in [1.29, 1.82) is 0 Å². The third kappa shape index (κ3) is 4.45. The van der Waals surface area contributed by atoms with Crippen LogP contribution in [0.25, 0.3) is 11.3 Å². The van der Waals surface area contributed by atoms with E-state index in [1.165, 1.54) is 5.56 Å². The SMILES string of the molecule is Cc1ccc(-c2cnc(CCC(=O)NC3CCC(N)CC3)o2)cc1. The quantitative estimate of drug-likeness (QED) is 0.884. The minimum atomic E-state index is 0.0607. The first-order chi connectivity index (χ1) is 11.6. The predicted molar refractivity (Wildman–Crippen MR) is 93.4 cm³/mol. The molecular weight excluding hydrogens is 302 g/mol. The third-order valence-corrected chi connectivity index (χ3v) is 4.59. The zero-order valence-corrected chi connectivity index (χ0v) is 14.1. The Kier molecular flexibility index (Phi) is 5.30. The van der Waals surface area contributed by atoms with Gasteiger partial charge in [0.1, 0.15) is 0 Å². The van der Waals surface area contributed by atoms with Gasteiger partial charge in [-0.2, -0.15) is 0 Å². The van der Waals surface area contributed by atoms with Crippen molar-refractivity contribution in [2.24, 2.45) is 5.73 Å². The highest BCUT2D eigenvalue weighted by Gasteiger charge is 2.20. The van der Waals surface area contributed by atoms with Crippen LogP contribution in [-0.2, 0) is 11.2 Å². The van der Waals surface area contributed by atoms with Gasteiger partial charge < -0.3 is 15.5 Å². The Balaban J connectivity index is 1.48. The molecule has 1 aromatic heterocycles. The molecule has 1 saturated carbocycles. The average Bonchev–Trinajstić information content (AvgIpc) is 3.05. The molecule has 0 atom stereocenters. The van der Waals surface area contributed by atoms with Crippen molar-refractivity contribution in [1.82, 2.24) is 10.3 Å². The molecule has 0 spiro atoms. The molecule has 1 aliphatic rings. The van der Waals surface area contributed by atoms with Crippen LogP contribution in [0.3, 0.4) is 0 Å². The van der Waals surface area contributed by atoms with Crippen molar-refractivity contribution < 1.29 is 9.21 Å². The summed E-state index contributed by atoms with van der Waals surface area (Å²) < 4.78 is 5.76. The summed E-state index contributed by atoms with van der Waals surface area (Å²) in [6.45, 7) is 2.05. The van der Waals surface area contributed by atoms with Crippen LogP contribution in [0.1, 0.15) is 43.6 Å². The summed E-state index contributed by atoms with van der Waals surface area (Å²) in [6.07, 6.45) is 6.57. The number of aromatic nitrogens is 1. The van der Waals surface area contributed by atoms with Crippen molar-refractivity contribution in [3.63, 3.8) is 0 Å². The standard InChI is InChI=1S/C19H25N3O2/c1-13-2-4-14(5-3-13)17-12-21-19(24-17)11-10-18(23)22-16-8-6-15(20)7-9-16/h2-5,12,15-16H,6-11,20H2,1H3,(H,22,23). The number of hydrogen-bond donors (Lipinski definition) is 2. The molecular formula is C19H25N3O2. The Bertz CT molecular complexity index is 670. The molecule has 24 heavy (non-hydrogen) atoms. The summed E-state index contributed by atoms with van der Waals surface area (Å²) in [5.74, 6) is 1.41. The van der Waals surface area contributed by atoms with E-state index in [0.29, 0.717) is 24.8 Å². The van der Waals surface area contributed by atoms with E-state index in [1.807, 2.05) is 31.2 Å². The molecule has 5 nitrogen and oxygen atoms in total. The van der Waals surface area contributed by atoms with Gasteiger partial charge in [-0.1, -0.05) is 29.8 Å². The van der Waals surface area contributed by atoms with E-state index >= 15 is 0 Å². The second-order valence-electron chi connectivity index (χ2n) is 6.66. The van der Waals surface area contributed by atoms with Crippen LogP contribution in [0.4, 0.5) is 0 Å². The second-order valence-corrected chi connectivity index (χ2v) is 6.66. The zero-order valence-electron chi connectivity index (χ0n) is 14.1. The highest BCUT2D eigenvalue weighted by molar-refractivity contribution is 5.76. The van der Waals surface area contributed by atoms with Crippen LogP contribution in [-0.4, -0.2) is 23.0 Å². The summed E-state index contributed by atoms with van der Waals surface area (Å²) in [5.41, 5.74) is 8.10. The van der Waals surface area contributed by atoms with Crippen LogP contribution < -0.4 is 11.1 Å². The van der Waals surface area contributed by atoms with Gasteiger partial charge in [0.25, 0.3) is 0 Å². The number of aryl methyl sites for hydroxylation is 2. The van der Waals surface area contributed by atoms with E-state index in [-0.39, 0.29) is 11.9 Å². The van der Waals surface area contributed by atoms with Crippen molar-refractivity contribution in [2.75, 3.05) is 0 Å². The number of hydrogen-bond acceptors (Lipinski definition) is 4. The van der Waals surface area contributed by atoms with Crippen LogP contribution in [0, 0.1) is 6.92 Å². The molecule has 1 fully saturated rings. The van der Waals surface area contributed by atoms with Crippen molar-refractivity contribution in [3.8, 4) is 11.3 Å². The molecule has 1 heterocycles. The minimum Gasteiger partial charge on any atom is -0.441 e. The van der Waals surface area contributed by atoms with E-state index < -0.39 is 0 Å². The minimum absolute atomic E-state index is 0.0607.